The highest BCUT2D eigenvalue weighted by Crippen LogP contribution is 2.34. The van der Waals surface area contributed by atoms with Crippen LogP contribution in [0, 0.1) is 5.82 Å². The normalized spacial score (nSPS) is 13.6. The largest absolute Gasteiger partial charge is 0.494 e. The molecular weight excluding hydrogens is 421 g/mol. The van der Waals surface area contributed by atoms with Crippen molar-refractivity contribution in [2.24, 2.45) is 0 Å². The van der Waals surface area contributed by atoms with Gasteiger partial charge in [-0.15, -0.1) is 0 Å². The number of pyridine rings is 1. The zero-order valence-corrected chi connectivity index (χ0v) is 18.7. The van der Waals surface area contributed by atoms with Gasteiger partial charge >= 0.3 is 0 Å². The van der Waals surface area contributed by atoms with E-state index in [1.165, 1.54) is 12.1 Å². The van der Waals surface area contributed by atoms with Crippen molar-refractivity contribution in [3.63, 3.8) is 0 Å². The summed E-state index contributed by atoms with van der Waals surface area (Å²) in [5.74, 6) is 0.363. The maximum Gasteiger partial charge on any atom is 0.226 e. The minimum absolute atomic E-state index is 0.158. The van der Waals surface area contributed by atoms with Crippen LogP contribution in [0.4, 0.5) is 10.1 Å². The Morgan fingerprint density at radius 3 is 2.73 bits per heavy atom. The third kappa shape index (κ3) is 6.08. The van der Waals surface area contributed by atoms with Crippen LogP contribution in [0.15, 0.2) is 60.8 Å². The van der Waals surface area contributed by atoms with E-state index in [0.29, 0.717) is 25.5 Å². The van der Waals surface area contributed by atoms with E-state index >= 15 is 0 Å². The molecule has 0 bridgehead atoms. The minimum Gasteiger partial charge on any atom is -0.494 e. The Morgan fingerprint density at radius 2 is 2.00 bits per heavy atom. The van der Waals surface area contributed by atoms with E-state index in [1.54, 1.807) is 18.3 Å². The number of ether oxygens (including phenoxy) is 2. The highest BCUT2D eigenvalue weighted by molar-refractivity contribution is 5.81. The molecule has 7 heteroatoms. The summed E-state index contributed by atoms with van der Waals surface area (Å²) >= 11 is 0. The van der Waals surface area contributed by atoms with Gasteiger partial charge in [0.05, 0.1) is 26.2 Å². The number of halogens is 1. The molecule has 172 valence electrons. The van der Waals surface area contributed by atoms with Crippen LogP contribution in [-0.4, -0.2) is 43.8 Å². The maximum atomic E-state index is 13.3. The third-order valence-electron chi connectivity index (χ3n) is 5.49. The molecule has 6 nitrogen and oxygen atoms in total. The molecule has 1 aliphatic heterocycles. The number of aromatic nitrogens is 1. The predicted octanol–water partition coefficient (Wildman–Crippen LogP) is 3.98. The molecular formula is C26H28FN3O3. The zero-order chi connectivity index (χ0) is 23.0. The fourth-order valence-electron chi connectivity index (χ4n) is 3.84. The van der Waals surface area contributed by atoms with Crippen LogP contribution in [0.2, 0.25) is 0 Å². The summed E-state index contributed by atoms with van der Waals surface area (Å²) < 4.78 is 24.5. The van der Waals surface area contributed by atoms with Gasteiger partial charge in [0.15, 0.2) is 0 Å². The van der Waals surface area contributed by atoms with Gasteiger partial charge in [0, 0.05) is 54.4 Å². The number of benzene rings is 2. The van der Waals surface area contributed by atoms with Gasteiger partial charge in [-0.25, -0.2) is 4.39 Å². The summed E-state index contributed by atoms with van der Waals surface area (Å²) in [5, 5.41) is 2.81. The smallest absolute Gasteiger partial charge is 0.226 e. The molecule has 0 unspecified atom stereocenters. The molecule has 0 saturated carbocycles. The van der Waals surface area contributed by atoms with Crippen LogP contribution in [0.5, 0.6) is 5.75 Å². The van der Waals surface area contributed by atoms with Crippen molar-refractivity contribution in [3.05, 3.63) is 77.9 Å². The number of carbonyl (C=O) groups is 1. The highest BCUT2D eigenvalue weighted by atomic mass is 19.1. The molecule has 1 saturated heterocycles. The van der Waals surface area contributed by atoms with Crippen LogP contribution < -0.4 is 15.0 Å². The monoisotopic (exact) mass is 449 g/mol. The van der Waals surface area contributed by atoms with Gasteiger partial charge in [-0.1, -0.05) is 18.2 Å². The lowest BCUT2D eigenvalue weighted by molar-refractivity contribution is -0.120. The second-order valence-corrected chi connectivity index (χ2v) is 7.83. The fourth-order valence-corrected chi connectivity index (χ4v) is 3.84. The number of hydrogen-bond acceptors (Lipinski definition) is 5. The van der Waals surface area contributed by atoms with E-state index in [4.69, 9.17) is 9.47 Å². The Morgan fingerprint density at radius 1 is 1.15 bits per heavy atom. The summed E-state index contributed by atoms with van der Waals surface area (Å²) in [6.07, 6.45) is 1.96. The molecule has 2 aromatic carbocycles. The Kier molecular flexibility index (Phi) is 7.52. The molecule has 1 amide bonds. The van der Waals surface area contributed by atoms with Crippen LogP contribution in [0.25, 0.3) is 11.1 Å². The Labute approximate surface area is 193 Å². The first-order valence-corrected chi connectivity index (χ1v) is 11.2. The number of anilines is 1. The maximum absolute atomic E-state index is 13.3. The van der Waals surface area contributed by atoms with Gasteiger partial charge in [0.1, 0.15) is 11.6 Å². The lowest BCUT2D eigenvalue weighted by atomic mass is 10.0. The molecule has 0 spiro atoms. The van der Waals surface area contributed by atoms with E-state index in [0.717, 1.165) is 41.2 Å². The van der Waals surface area contributed by atoms with E-state index in [1.807, 2.05) is 25.1 Å². The molecule has 2 heterocycles. The van der Waals surface area contributed by atoms with Crippen molar-refractivity contribution in [2.45, 2.75) is 19.9 Å². The number of morpholine rings is 1. The first-order chi connectivity index (χ1) is 16.1. The Bertz CT molecular complexity index is 1080. The Hall–Kier alpha value is -3.45. The number of amides is 1. The molecule has 1 N–H and O–H groups in total. The standard InChI is InChI=1S/C26H28FN3O3/c1-2-33-23-8-9-24(25(16-23)30-10-12-32-13-11-30)20-6-7-22(28-18-20)15-26(31)29-17-19-4-3-5-21(27)14-19/h3-9,14,16,18H,2,10-13,15,17H2,1H3,(H,29,31). The van der Waals surface area contributed by atoms with Crippen LogP contribution in [0.1, 0.15) is 18.2 Å². The van der Waals surface area contributed by atoms with Crippen molar-refractivity contribution >= 4 is 11.6 Å². The molecule has 0 atom stereocenters. The lowest BCUT2D eigenvalue weighted by Gasteiger charge is -2.31. The molecule has 33 heavy (non-hydrogen) atoms. The average molecular weight is 450 g/mol. The molecule has 0 radical (unpaired) electrons. The van der Waals surface area contributed by atoms with Crippen LogP contribution >= 0.6 is 0 Å². The summed E-state index contributed by atoms with van der Waals surface area (Å²) in [6, 6.07) is 16.1. The summed E-state index contributed by atoms with van der Waals surface area (Å²) in [7, 11) is 0. The van der Waals surface area contributed by atoms with Crippen molar-refractivity contribution in [3.8, 4) is 16.9 Å². The molecule has 1 aromatic heterocycles. The molecule has 1 aliphatic rings. The minimum atomic E-state index is -0.315. The molecule has 4 rings (SSSR count). The zero-order valence-electron chi connectivity index (χ0n) is 18.7. The fraction of sp³-hybridized carbons (Fsp3) is 0.308. The van der Waals surface area contributed by atoms with Gasteiger partial charge < -0.3 is 19.7 Å². The van der Waals surface area contributed by atoms with Gasteiger partial charge in [-0.2, -0.15) is 0 Å². The number of rotatable bonds is 8. The van der Waals surface area contributed by atoms with Crippen LogP contribution in [-0.2, 0) is 22.5 Å². The Balaban J connectivity index is 1.45. The first kappa shape index (κ1) is 22.7. The van der Waals surface area contributed by atoms with Crippen molar-refractivity contribution in [2.75, 3.05) is 37.8 Å². The first-order valence-electron chi connectivity index (χ1n) is 11.2. The van der Waals surface area contributed by atoms with E-state index < -0.39 is 0 Å². The second-order valence-electron chi connectivity index (χ2n) is 7.83. The van der Waals surface area contributed by atoms with Crippen molar-refractivity contribution < 1.29 is 18.7 Å². The van der Waals surface area contributed by atoms with Gasteiger partial charge in [-0.3, -0.25) is 9.78 Å². The highest BCUT2D eigenvalue weighted by Gasteiger charge is 2.17. The van der Waals surface area contributed by atoms with E-state index in [-0.39, 0.29) is 24.7 Å². The molecule has 0 aliphatic carbocycles. The summed E-state index contributed by atoms with van der Waals surface area (Å²) in [4.78, 5) is 19.1. The SMILES string of the molecule is CCOc1ccc(-c2ccc(CC(=O)NCc3cccc(F)c3)nc2)c(N2CCOCC2)c1. The average Bonchev–Trinajstić information content (AvgIpc) is 2.84. The van der Waals surface area contributed by atoms with Crippen molar-refractivity contribution in [1.29, 1.82) is 0 Å². The predicted molar refractivity (Wildman–Crippen MR) is 126 cm³/mol. The quantitative estimate of drug-likeness (QED) is 0.564. The lowest BCUT2D eigenvalue weighted by Crippen LogP contribution is -2.36. The molecule has 1 fully saturated rings. The van der Waals surface area contributed by atoms with Gasteiger partial charge in [0.25, 0.3) is 0 Å². The van der Waals surface area contributed by atoms with Crippen molar-refractivity contribution in [1.82, 2.24) is 10.3 Å². The van der Waals surface area contributed by atoms with E-state index in [9.17, 15) is 9.18 Å². The summed E-state index contributed by atoms with van der Waals surface area (Å²) in [6.45, 7) is 5.89. The van der Waals surface area contributed by atoms with Gasteiger partial charge in [0.2, 0.25) is 5.91 Å². The second kappa shape index (κ2) is 10.9. The number of hydrogen-bond donors (Lipinski definition) is 1. The number of carbonyl (C=O) groups excluding carboxylic acids is 1. The van der Waals surface area contributed by atoms with E-state index in [2.05, 4.69) is 27.3 Å². The topological polar surface area (TPSA) is 63.7 Å². The summed E-state index contributed by atoms with van der Waals surface area (Å²) in [5.41, 5.74) is 4.53. The van der Waals surface area contributed by atoms with Gasteiger partial charge in [-0.05, 0) is 42.8 Å². The third-order valence-corrected chi connectivity index (χ3v) is 5.49. The molecule has 3 aromatic rings. The number of nitrogens with one attached hydrogen (secondary N) is 1. The number of nitrogens with zero attached hydrogens (tertiary/aromatic N) is 2. The van der Waals surface area contributed by atoms with Crippen LogP contribution in [0.3, 0.4) is 0 Å².